The van der Waals surface area contributed by atoms with E-state index in [1.165, 1.54) is 0 Å². The molecule has 0 rings (SSSR count). The van der Waals surface area contributed by atoms with E-state index in [4.69, 9.17) is 0 Å². The first-order valence-corrected chi connectivity index (χ1v) is 8.98. The van der Waals surface area contributed by atoms with Gasteiger partial charge in [-0.2, -0.15) is 43.2 Å². The quantitative estimate of drug-likeness (QED) is 0.234. The smallest absolute Gasteiger partial charge is 0.262 e. The van der Waals surface area contributed by atoms with Crippen LogP contribution in [-0.2, 0) is 28.6 Å². The Balaban J connectivity index is 5.53. The minimum atomic E-state index is -6.05. The molecule has 0 aliphatic heterocycles. The first-order chi connectivity index (χ1) is 11.0. The van der Waals surface area contributed by atoms with Gasteiger partial charge in [-0.05, 0) is 12.8 Å². The summed E-state index contributed by atoms with van der Waals surface area (Å²) in [5.74, 6) is 0. The Kier molecular flexibility index (Phi) is 7.69. The van der Waals surface area contributed by atoms with Crippen molar-refractivity contribution in [1.29, 1.82) is 0 Å². The lowest BCUT2D eigenvalue weighted by atomic mass is 9.83. The van der Waals surface area contributed by atoms with Gasteiger partial charge in [-0.3, -0.25) is 8.37 Å². The minimum absolute atomic E-state index is 0.417. The second-order valence-electron chi connectivity index (χ2n) is 4.81. The molecule has 0 unspecified atom stereocenters. The highest BCUT2D eigenvalue weighted by Crippen LogP contribution is 2.34. The average Bonchev–Trinajstić information content (AvgIpc) is 2.41. The molecule has 0 saturated carbocycles. The Morgan fingerprint density at radius 3 is 1.20 bits per heavy atom. The highest BCUT2D eigenvalue weighted by molar-refractivity contribution is 7.87. The maximum absolute atomic E-state index is 12.3. The summed E-state index contributed by atoms with van der Waals surface area (Å²) in [6.07, 6.45) is 1.22. The fourth-order valence-corrected chi connectivity index (χ4v) is 2.59. The summed E-state index contributed by atoms with van der Waals surface area (Å²) in [5.41, 5.74) is -13.4. The van der Waals surface area contributed by atoms with Crippen molar-refractivity contribution in [2.24, 2.45) is 5.41 Å². The van der Waals surface area contributed by atoms with Crippen LogP contribution >= 0.6 is 0 Å². The SMILES string of the molecule is C=CCC(CC=C)(COS(=O)(=O)C(F)(F)F)COS(=O)(=O)C(F)(F)F. The van der Waals surface area contributed by atoms with Gasteiger partial charge in [0.15, 0.2) is 0 Å². The van der Waals surface area contributed by atoms with E-state index in [1.54, 1.807) is 0 Å². The Labute approximate surface area is 140 Å². The molecule has 0 saturated heterocycles. The Bertz CT molecular complexity index is 617. The van der Waals surface area contributed by atoms with Gasteiger partial charge in [-0.25, -0.2) is 0 Å². The molecule has 0 N–H and O–H groups in total. The van der Waals surface area contributed by atoms with Crippen LogP contribution in [0.15, 0.2) is 25.3 Å². The summed E-state index contributed by atoms with van der Waals surface area (Å²) in [4.78, 5) is 0. The molecule has 0 spiro atoms. The molecule has 25 heavy (non-hydrogen) atoms. The molecule has 0 amide bonds. The number of hydrogen-bond acceptors (Lipinski definition) is 6. The molecule has 0 aromatic heterocycles. The van der Waals surface area contributed by atoms with Crippen LogP contribution in [0.1, 0.15) is 12.8 Å². The van der Waals surface area contributed by atoms with Gasteiger partial charge in [0.2, 0.25) is 0 Å². The van der Waals surface area contributed by atoms with Gasteiger partial charge < -0.3 is 0 Å². The number of halogens is 6. The Morgan fingerprint density at radius 1 is 0.720 bits per heavy atom. The predicted molar refractivity (Wildman–Crippen MR) is 73.9 cm³/mol. The van der Waals surface area contributed by atoms with Crippen LogP contribution in [0.3, 0.4) is 0 Å². The molecule has 0 aromatic carbocycles. The van der Waals surface area contributed by atoms with Gasteiger partial charge in [-0.1, -0.05) is 12.2 Å². The van der Waals surface area contributed by atoms with Gasteiger partial charge in [0.05, 0.1) is 13.2 Å². The molecule has 6 nitrogen and oxygen atoms in total. The second kappa shape index (κ2) is 8.05. The summed E-state index contributed by atoms with van der Waals surface area (Å²) in [6.45, 7) is 3.84. The van der Waals surface area contributed by atoms with Crippen LogP contribution in [0.5, 0.6) is 0 Å². The third-order valence-corrected chi connectivity index (χ3v) is 4.75. The van der Waals surface area contributed by atoms with E-state index in [1.807, 2.05) is 0 Å². The van der Waals surface area contributed by atoms with Crippen LogP contribution in [0.4, 0.5) is 26.3 Å². The average molecular weight is 420 g/mol. The standard InChI is InChI=1S/C11H14F6O6S2/c1-3-5-9(6-4-2,7-22-24(18,19)10(12,13)14)8-23-25(20,21)11(15,16)17/h3-4H,1-2,5-8H2. The zero-order valence-electron chi connectivity index (χ0n) is 12.4. The maximum atomic E-state index is 12.3. The van der Waals surface area contributed by atoms with Crippen molar-refractivity contribution in [1.82, 2.24) is 0 Å². The van der Waals surface area contributed by atoms with Crippen molar-refractivity contribution in [2.45, 2.75) is 23.9 Å². The first kappa shape index (κ1) is 23.9. The summed E-state index contributed by atoms with van der Waals surface area (Å²) in [5, 5.41) is 0. The summed E-state index contributed by atoms with van der Waals surface area (Å²) in [7, 11) is -12.1. The Morgan fingerprint density at radius 2 is 1.00 bits per heavy atom. The lowest BCUT2D eigenvalue weighted by molar-refractivity contribution is -0.0617. The van der Waals surface area contributed by atoms with Crippen molar-refractivity contribution in [3.63, 3.8) is 0 Å². The number of allylic oxidation sites excluding steroid dienone is 2. The fraction of sp³-hybridized carbons (Fsp3) is 0.636. The van der Waals surface area contributed by atoms with Crippen LogP contribution < -0.4 is 0 Å². The molecule has 14 heteroatoms. The Hall–Kier alpha value is -1.12. The van der Waals surface area contributed by atoms with E-state index in [0.29, 0.717) is 0 Å². The predicted octanol–water partition coefficient (Wildman–Crippen LogP) is 2.86. The molecule has 0 aliphatic rings. The van der Waals surface area contributed by atoms with Gasteiger partial charge in [-0.15, -0.1) is 13.2 Å². The van der Waals surface area contributed by atoms with Crippen molar-refractivity contribution in [3.8, 4) is 0 Å². The number of hydrogen-bond donors (Lipinski definition) is 0. The van der Waals surface area contributed by atoms with Crippen molar-refractivity contribution < 1.29 is 51.5 Å². The normalized spacial score (nSPS) is 14.3. The highest BCUT2D eigenvalue weighted by atomic mass is 32.2. The van der Waals surface area contributed by atoms with Gasteiger partial charge in [0.25, 0.3) is 0 Å². The topological polar surface area (TPSA) is 86.7 Å². The lowest BCUT2D eigenvalue weighted by Crippen LogP contribution is -2.38. The van der Waals surface area contributed by atoms with E-state index < -0.39 is 62.7 Å². The second-order valence-corrected chi connectivity index (χ2v) is 8.02. The highest BCUT2D eigenvalue weighted by Gasteiger charge is 2.50. The third kappa shape index (κ3) is 6.60. The molecular formula is C11H14F6O6S2. The monoisotopic (exact) mass is 420 g/mol. The maximum Gasteiger partial charge on any atom is 0.523 e. The van der Waals surface area contributed by atoms with Crippen molar-refractivity contribution in [3.05, 3.63) is 25.3 Å². The fourth-order valence-electron chi connectivity index (χ4n) is 1.51. The molecule has 0 fully saturated rings. The first-order valence-electron chi connectivity index (χ1n) is 6.17. The van der Waals surface area contributed by atoms with Crippen molar-refractivity contribution >= 4 is 20.2 Å². The van der Waals surface area contributed by atoms with Crippen LogP contribution in [0, 0.1) is 5.41 Å². The van der Waals surface area contributed by atoms with E-state index in [2.05, 4.69) is 21.5 Å². The third-order valence-electron chi connectivity index (χ3n) is 2.76. The van der Waals surface area contributed by atoms with E-state index in [-0.39, 0.29) is 0 Å². The number of rotatable bonds is 10. The van der Waals surface area contributed by atoms with Crippen molar-refractivity contribution in [2.75, 3.05) is 13.2 Å². The van der Waals surface area contributed by atoms with E-state index in [0.717, 1.165) is 12.2 Å². The van der Waals surface area contributed by atoms with Gasteiger partial charge >= 0.3 is 31.3 Å². The minimum Gasteiger partial charge on any atom is -0.262 e. The van der Waals surface area contributed by atoms with Crippen LogP contribution in [0.25, 0.3) is 0 Å². The molecule has 148 valence electrons. The van der Waals surface area contributed by atoms with E-state index >= 15 is 0 Å². The summed E-state index contributed by atoms with van der Waals surface area (Å²) < 4.78 is 125. The van der Waals surface area contributed by atoms with Crippen LogP contribution in [-0.4, -0.2) is 41.1 Å². The summed E-state index contributed by atoms with van der Waals surface area (Å²) in [6, 6.07) is 0. The molecule has 0 bridgehead atoms. The molecule has 0 heterocycles. The molecule has 0 aromatic rings. The zero-order valence-corrected chi connectivity index (χ0v) is 14.1. The lowest BCUT2D eigenvalue weighted by Gasteiger charge is -2.30. The van der Waals surface area contributed by atoms with Crippen LogP contribution in [0.2, 0.25) is 0 Å². The largest absolute Gasteiger partial charge is 0.523 e. The zero-order chi connectivity index (χ0) is 20.2. The van der Waals surface area contributed by atoms with E-state index in [9.17, 15) is 43.2 Å². The molecular weight excluding hydrogens is 406 g/mol. The number of alkyl halides is 6. The molecule has 0 atom stereocenters. The van der Waals surface area contributed by atoms with Gasteiger partial charge in [0, 0.05) is 5.41 Å². The molecule has 0 radical (unpaired) electrons. The summed E-state index contributed by atoms with van der Waals surface area (Å²) >= 11 is 0. The molecule has 0 aliphatic carbocycles. The van der Waals surface area contributed by atoms with Gasteiger partial charge in [0.1, 0.15) is 0 Å².